The second-order valence-electron chi connectivity index (χ2n) is 5.66. The molecule has 0 aromatic carbocycles. The lowest BCUT2D eigenvalue weighted by molar-refractivity contribution is 0.0631. The maximum Gasteiger partial charge on any atom is 0.0334 e. The van der Waals surface area contributed by atoms with Crippen molar-refractivity contribution in [2.45, 2.75) is 63.8 Å². The predicted molar refractivity (Wildman–Crippen MR) is 69.8 cm³/mol. The van der Waals surface area contributed by atoms with Gasteiger partial charge in [-0.1, -0.05) is 39.0 Å². The van der Waals surface area contributed by atoms with E-state index in [9.17, 15) is 0 Å². The molecule has 0 atom stereocenters. The Morgan fingerprint density at radius 3 is 2.69 bits per heavy atom. The number of rotatable bonds is 5. The average molecular weight is 224 g/mol. The Bertz CT molecular complexity index is 197. The molecule has 2 fully saturated rings. The van der Waals surface area contributed by atoms with Crippen molar-refractivity contribution in [1.29, 1.82) is 0 Å². The van der Waals surface area contributed by atoms with Gasteiger partial charge in [-0.05, 0) is 25.8 Å². The number of piperazine rings is 1. The minimum Gasteiger partial charge on any atom is -0.314 e. The Labute approximate surface area is 101 Å². The molecule has 2 aliphatic rings. The van der Waals surface area contributed by atoms with Crippen LogP contribution in [0.4, 0.5) is 0 Å². The van der Waals surface area contributed by atoms with Gasteiger partial charge in [-0.3, -0.25) is 4.90 Å². The van der Waals surface area contributed by atoms with E-state index in [1.807, 2.05) is 0 Å². The van der Waals surface area contributed by atoms with Crippen molar-refractivity contribution in [3.63, 3.8) is 0 Å². The van der Waals surface area contributed by atoms with Crippen molar-refractivity contribution in [1.82, 2.24) is 10.2 Å². The fourth-order valence-corrected chi connectivity index (χ4v) is 3.49. The van der Waals surface area contributed by atoms with Crippen LogP contribution in [0.1, 0.15) is 58.3 Å². The summed E-state index contributed by atoms with van der Waals surface area (Å²) >= 11 is 0. The molecule has 1 aliphatic heterocycles. The van der Waals surface area contributed by atoms with Gasteiger partial charge in [0.2, 0.25) is 0 Å². The highest BCUT2D eigenvalue weighted by Gasteiger charge is 2.40. The molecule has 2 heteroatoms. The summed E-state index contributed by atoms with van der Waals surface area (Å²) in [5.41, 5.74) is 0.560. The average Bonchev–Trinajstić information content (AvgIpc) is 2.76. The molecule has 0 unspecified atom stereocenters. The SMILES string of the molecule is CCCCCCN1CCNCC12CCCC2. The summed E-state index contributed by atoms with van der Waals surface area (Å²) in [6.07, 6.45) is 11.4. The predicted octanol–water partition coefficient (Wildman–Crippen LogP) is 2.78. The molecule has 2 rings (SSSR count). The van der Waals surface area contributed by atoms with Gasteiger partial charge in [-0.25, -0.2) is 0 Å². The summed E-state index contributed by atoms with van der Waals surface area (Å²) < 4.78 is 0. The highest BCUT2D eigenvalue weighted by Crippen LogP contribution is 2.36. The number of nitrogens with zero attached hydrogens (tertiary/aromatic N) is 1. The van der Waals surface area contributed by atoms with Gasteiger partial charge in [0.15, 0.2) is 0 Å². The van der Waals surface area contributed by atoms with Crippen LogP contribution in [0, 0.1) is 0 Å². The molecule has 0 aromatic rings. The molecule has 0 radical (unpaired) electrons. The Morgan fingerprint density at radius 2 is 1.94 bits per heavy atom. The monoisotopic (exact) mass is 224 g/mol. The first-order valence-corrected chi connectivity index (χ1v) is 7.33. The first kappa shape index (κ1) is 12.4. The summed E-state index contributed by atoms with van der Waals surface area (Å²) in [6, 6.07) is 0. The zero-order valence-corrected chi connectivity index (χ0v) is 10.9. The van der Waals surface area contributed by atoms with E-state index in [1.165, 1.54) is 77.5 Å². The van der Waals surface area contributed by atoms with E-state index in [0.29, 0.717) is 5.54 Å². The number of nitrogens with one attached hydrogen (secondary N) is 1. The van der Waals surface area contributed by atoms with Crippen molar-refractivity contribution in [2.24, 2.45) is 0 Å². The fourth-order valence-electron chi connectivity index (χ4n) is 3.49. The Hall–Kier alpha value is -0.0800. The fraction of sp³-hybridized carbons (Fsp3) is 1.00. The molecular formula is C14H28N2. The van der Waals surface area contributed by atoms with Crippen LogP contribution in [0.5, 0.6) is 0 Å². The van der Waals surface area contributed by atoms with E-state index in [4.69, 9.17) is 0 Å². The largest absolute Gasteiger partial charge is 0.314 e. The van der Waals surface area contributed by atoms with E-state index in [-0.39, 0.29) is 0 Å². The van der Waals surface area contributed by atoms with Gasteiger partial charge >= 0.3 is 0 Å². The maximum atomic E-state index is 3.61. The maximum absolute atomic E-state index is 3.61. The van der Waals surface area contributed by atoms with Crippen molar-refractivity contribution < 1.29 is 0 Å². The number of hydrogen-bond acceptors (Lipinski definition) is 2. The molecular weight excluding hydrogens is 196 g/mol. The Kier molecular flexibility index (Phi) is 4.66. The lowest BCUT2D eigenvalue weighted by Crippen LogP contribution is -2.59. The zero-order chi connectivity index (χ0) is 11.3. The molecule has 2 nitrogen and oxygen atoms in total. The van der Waals surface area contributed by atoms with Crippen molar-refractivity contribution in [3.8, 4) is 0 Å². The molecule has 1 heterocycles. The van der Waals surface area contributed by atoms with E-state index in [0.717, 1.165) is 0 Å². The molecule has 1 spiro atoms. The van der Waals surface area contributed by atoms with Crippen molar-refractivity contribution in [3.05, 3.63) is 0 Å². The van der Waals surface area contributed by atoms with Crippen LogP contribution < -0.4 is 5.32 Å². The Morgan fingerprint density at radius 1 is 1.12 bits per heavy atom. The topological polar surface area (TPSA) is 15.3 Å². The second-order valence-corrected chi connectivity index (χ2v) is 5.66. The van der Waals surface area contributed by atoms with Crippen LogP contribution >= 0.6 is 0 Å². The highest BCUT2D eigenvalue weighted by molar-refractivity contribution is 4.99. The molecule has 1 saturated heterocycles. The molecule has 0 aromatic heterocycles. The Balaban J connectivity index is 1.80. The molecule has 16 heavy (non-hydrogen) atoms. The summed E-state index contributed by atoms with van der Waals surface area (Å²) in [5, 5.41) is 3.61. The van der Waals surface area contributed by atoms with Crippen LogP contribution in [-0.2, 0) is 0 Å². The van der Waals surface area contributed by atoms with Crippen LogP contribution in [0.15, 0.2) is 0 Å². The van der Waals surface area contributed by atoms with Gasteiger partial charge in [0.05, 0.1) is 0 Å². The molecule has 1 saturated carbocycles. The molecule has 1 aliphatic carbocycles. The van der Waals surface area contributed by atoms with Crippen LogP contribution in [0.2, 0.25) is 0 Å². The summed E-state index contributed by atoms with van der Waals surface area (Å²) in [5.74, 6) is 0. The summed E-state index contributed by atoms with van der Waals surface area (Å²) in [7, 11) is 0. The first-order valence-electron chi connectivity index (χ1n) is 7.33. The highest BCUT2D eigenvalue weighted by atomic mass is 15.3. The summed E-state index contributed by atoms with van der Waals surface area (Å²) in [6.45, 7) is 7.38. The van der Waals surface area contributed by atoms with Crippen LogP contribution in [0.3, 0.4) is 0 Å². The second kappa shape index (κ2) is 6.02. The van der Waals surface area contributed by atoms with Gasteiger partial charge in [0.25, 0.3) is 0 Å². The minimum atomic E-state index is 0.560. The van der Waals surface area contributed by atoms with E-state index < -0.39 is 0 Å². The van der Waals surface area contributed by atoms with Crippen LogP contribution in [0.25, 0.3) is 0 Å². The number of hydrogen-bond donors (Lipinski definition) is 1. The van der Waals surface area contributed by atoms with Crippen molar-refractivity contribution in [2.75, 3.05) is 26.2 Å². The third kappa shape index (κ3) is 2.78. The standard InChI is InChI=1S/C14H28N2/c1-2-3-4-7-11-16-12-10-15-13-14(16)8-5-6-9-14/h15H,2-13H2,1H3. The lowest BCUT2D eigenvalue weighted by Gasteiger charge is -2.45. The molecule has 1 N–H and O–H groups in total. The van der Waals surface area contributed by atoms with Gasteiger partial charge < -0.3 is 5.32 Å². The summed E-state index contributed by atoms with van der Waals surface area (Å²) in [4.78, 5) is 2.81. The smallest absolute Gasteiger partial charge is 0.0334 e. The van der Waals surface area contributed by atoms with Gasteiger partial charge in [-0.2, -0.15) is 0 Å². The third-order valence-corrected chi connectivity index (χ3v) is 4.50. The van der Waals surface area contributed by atoms with Gasteiger partial charge in [0.1, 0.15) is 0 Å². The van der Waals surface area contributed by atoms with Gasteiger partial charge in [-0.15, -0.1) is 0 Å². The van der Waals surface area contributed by atoms with Crippen LogP contribution in [-0.4, -0.2) is 36.6 Å². The molecule has 0 bridgehead atoms. The number of unbranched alkanes of at least 4 members (excludes halogenated alkanes) is 3. The van der Waals surface area contributed by atoms with Crippen molar-refractivity contribution >= 4 is 0 Å². The molecule has 94 valence electrons. The van der Waals surface area contributed by atoms with E-state index >= 15 is 0 Å². The van der Waals surface area contributed by atoms with Gasteiger partial charge in [0, 0.05) is 25.2 Å². The molecule has 0 amide bonds. The normalized spacial score (nSPS) is 25.3. The van der Waals surface area contributed by atoms with E-state index in [1.54, 1.807) is 0 Å². The third-order valence-electron chi connectivity index (χ3n) is 4.50. The lowest BCUT2D eigenvalue weighted by atomic mass is 9.92. The quantitative estimate of drug-likeness (QED) is 0.722. The first-order chi connectivity index (χ1) is 7.87. The van der Waals surface area contributed by atoms with E-state index in [2.05, 4.69) is 17.1 Å². The minimum absolute atomic E-state index is 0.560. The zero-order valence-electron chi connectivity index (χ0n) is 10.9.